The number of amides is 1. The van der Waals surface area contributed by atoms with E-state index in [9.17, 15) is 4.79 Å². The second-order valence-electron chi connectivity index (χ2n) is 6.89. The molecule has 25 heavy (non-hydrogen) atoms. The summed E-state index contributed by atoms with van der Waals surface area (Å²) in [4.78, 5) is 16.6. The molecule has 6 nitrogen and oxygen atoms in total. The maximum Gasteiger partial charge on any atom is 0.233 e. The monoisotopic (exact) mass is 357 g/mol. The largest absolute Gasteiger partial charge is 0.352 e. The van der Waals surface area contributed by atoms with Crippen LogP contribution in [0.15, 0.2) is 29.7 Å². The average Bonchev–Trinajstić information content (AvgIpc) is 3.17. The van der Waals surface area contributed by atoms with Crippen molar-refractivity contribution in [3.05, 3.63) is 24.5 Å². The highest BCUT2D eigenvalue weighted by Crippen LogP contribution is 2.41. The van der Waals surface area contributed by atoms with Gasteiger partial charge in [-0.2, -0.15) is 0 Å². The second kappa shape index (κ2) is 7.15. The lowest BCUT2D eigenvalue weighted by molar-refractivity contribution is -0.120. The van der Waals surface area contributed by atoms with Crippen molar-refractivity contribution >= 4 is 17.7 Å². The van der Waals surface area contributed by atoms with E-state index in [0.29, 0.717) is 12.1 Å². The van der Waals surface area contributed by atoms with Crippen LogP contribution in [-0.4, -0.2) is 36.9 Å². The quantitative estimate of drug-likeness (QED) is 0.804. The molecule has 2 aliphatic rings. The van der Waals surface area contributed by atoms with Gasteiger partial charge in [0.2, 0.25) is 5.91 Å². The fourth-order valence-electron chi connectivity index (χ4n) is 3.32. The molecule has 0 saturated heterocycles. The summed E-state index contributed by atoms with van der Waals surface area (Å²) >= 11 is 1.51. The summed E-state index contributed by atoms with van der Waals surface area (Å²) in [5.41, 5.74) is 1.02. The minimum atomic E-state index is -0.174. The van der Waals surface area contributed by atoms with Gasteiger partial charge < -0.3 is 5.32 Å². The molecule has 2 fully saturated rings. The molecule has 7 heteroatoms. The molecule has 1 amide bonds. The summed E-state index contributed by atoms with van der Waals surface area (Å²) in [6, 6.07) is 4.70. The first kappa shape index (κ1) is 16.6. The number of aromatic nitrogens is 4. The third-order valence-electron chi connectivity index (χ3n) is 4.87. The number of carbonyl (C=O) groups excluding carboxylic acids is 1. The number of pyridine rings is 1. The predicted molar refractivity (Wildman–Crippen MR) is 97.2 cm³/mol. The van der Waals surface area contributed by atoms with E-state index in [1.807, 2.05) is 19.1 Å². The lowest BCUT2D eigenvalue weighted by atomic mass is 10.2. The summed E-state index contributed by atoms with van der Waals surface area (Å²) in [5, 5.41) is 12.6. The fraction of sp³-hybridized carbons (Fsp3) is 0.556. The maximum atomic E-state index is 12.5. The smallest absolute Gasteiger partial charge is 0.233 e. The van der Waals surface area contributed by atoms with Crippen LogP contribution < -0.4 is 5.32 Å². The van der Waals surface area contributed by atoms with Crippen LogP contribution in [0.2, 0.25) is 0 Å². The zero-order valence-electron chi connectivity index (χ0n) is 14.4. The van der Waals surface area contributed by atoms with Crippen LogP contribution in [0.4, 0.5) is 0 Å². The lowest BCUT2D eigenvalue weighted by Gasteiger charge is -2.16. The summed E-state index contributed by atoms with van der Waals surface area (Å²) in [7, 11) is 0. The Labute approximate surface area is 151 Å². The Hall–Kier alpha value is -1.89. The van der Waals surface area contributed by atoms with Gasteiger partial charge in [0, 0.05) is 30.0 Å². The molecular weight excluding hydrogens is 334 g/mol. The van der Waals surface area contributed by atoms with Gasteiger partial charge in [0.05, 0.1) is 5.25 Å². The van der Waals surface area contributed by atoms with Gasteiger partial charge in [-0.05, 0) is 44.7 Å². The molecule has 0 spiro atoms. The molecule has 2 saturated carbocycles. The van der Waals surface area contributed by atoms with Crippen molar-refractivity contribution in [1.29, 1.82) is 0 Å². The van der Waals surface area contributed by atoms with Crippen LogP contribution in [0.1, 0.15) is 51.5 Å². The molecule has 4 rings (SSSR count). The molecule has 0 radical (unpaired) electrons. The van der Waals surface area contributed by atoms with Gasteiger partial charge in [0.1, 0.15) is 0 Å². The summed E-state index contributed by atoms with van der Waals surface area (Å²) in [5.74, 6) is 0.975. The van der Waals surface area contributed by atoms with Crippen molar-refractivity contribution in [3.8, 4) is 11.4 Å². The van der Waals surface area contributed by atoms with Gasteiger partial charge in [-0.1, -0.05) is 24.6 Å². The molecule has 0 aliphatic heterocycles. The third kappa shape index (κ3) is 3.71. The number of hydrogen-bond donors (Lipinski definition) is 1. The zero-order chi connectivity index (χ0) is 17.2. The molecule has 2 aromatic heterocycles. The molecule has 2 heterocycles. The average molecular weight is 357 g/mol. The number of thioether (sulfide) groups is 1. The van der Waals surface area contributed by atoms with E-state index in [0.717, 1.165) is 42.2 Å². The molecule has 0 unspecified atom stereocenters. The zero-order valence-corrected chi connectivity index (χ0v) is 15.2. The van der Waals surface area contributed by atoms with E-state index in [2.05, 4.69) is 25.1 Å². The highest BCUT2D eigenvalue weighted by molar-refractivity contribution is 8.00. The van der Waals surface area contributed by atoms with E-state index in [1.54, 1.807) is 12.4 Å². The van der Waals surface area contributed by atoms with Gasteiger partial charge in [0.25, 0.3) is 0 Å². The second-order valence-corrected chi connectivity index (χ2v) is 8.20. The van der Waals surface area contributed by atoms with Crippen LogP contribution >= 0.6 is 11.8 Å². The Morgan fingerprint density at radius 3 is 2.60 bits per heavy atom. The molecule has 1 atom stereocenters. The Balaban J connectivity index is 1.50. The fourth-order valence-corrected chi connectivity index (χ4v) is 4.25. The maximum absolute atomic E-state index is 12.5. The van der Waals surface area contributed by atoms with Crippen LogP contribution in [0.25, 0.3) is 11.4 Å². The summed E-state index contributed by atoms with van der Waals surface area (Å²) < 4.78 is 2.19. The molecule has 0 aromatic carbocycles. The molecular formula is C18H23N5OS. The number of carbonyl (C=O) groups is 1. The molecule has 132 valence electrons. The first-order valence-electron chi connectivity index (χ1n) is 9.04. The van der Waals surface area contributed by atoms with Gasteiger partial charge >= 0.3 is 0 Å². The van der Waals surface area contributed by atoms with Gasteiger partial charge in [0.15, 0.2) is 11.0 Å². The van der Waals surface area contributed by atoms with Gasteiger partial charge in [-0.3, -0.25) is 14.3 Å². The molecule has 0 bridgehead atoms. The van der Waals surface area contributed by atoms with Crippen LogP contribution in [0.5, 0.6) is 0 Å². The number of nitrogens with one attached hydrogen (secondary N) is 1. The van der Waals surface area contributed by atoms with Crippen molar-refractivity contribution in [1.82, 2.24) is 25.1 Å². The van der Waals surface area contributed by atoms with E-state index >= 15 is 0 Å². The SMILES string of the molecule is C[C@@H](Sc1nnc(-c2ccncc2)n1C1CC1)C(=O)NC1CCCC1. The number of nitrogens with zero attached hydrogens (tertiary/aromatic N) is 4. The topological polar surface area (TPSA) is 72.7 Å². The Bertz CT molecular complexity index is 737. The van der Waals surface area contributed by atoms with Crippen molar-refractivity contribution in [3.63, 3.8) is 0 Å². The number of hydrogen-bond acceptors (Lipinski definition) is 5. The minimum absolute atomic E-state index is 0.104. The molecule has 2 aliphatic carbocycles. The van der Waals surface area contributed by atoms with Crippen molar-refractivity contribution in [2.45, 2.75) is 67.9 Å². The molecule has 1 N–H and O–H groups in total. The minimum Gasteiger partial charge on any atom is -0.352 e. The third-order valence-corrected chi connectivity index (χ3v) is 5.92. The van der Waals surface area contributed by atoms with Gasteiger partial charge in [-0.25, -0.2) is 0 Å². The Kier molecular flexibility index (Phi) is 4.74. The van der Waals surface area contributed by atoms with Crippen molar-refractivity contribution in [2.75, 3.05) is 0 Å². The van der Waals surface area contributed by atoms with Crippen molar-refractivity contribution in [2.24, 2.45) is 0 Å². The normalized spacial score (nSPS) is 19.1. The van der Waals surface area contributed by atoms with Crippen LogP contribution in [-0.2, 0) is 4.79 Å². The summed E-state index contributed by atoms with van der Waals surface area (Å²) in [6.45, 7) is 1.95. The standard InChI is InChI=1S/C18H23N5OS/c1-12(17(24)20-14-4-2-3-5-14)25-18-22-21-16(23(18)15-6-7-15)13-8-10-19-11-9-13/h8-12,14-15H,2-7H2,1H3,(H,20,24)/t12-/m1/s1. The predicted octanol–water partition coefficient (Wildman–Crippen LogP) is 3.21. The van der Waals surface area contributed by atoms with E-state index in [1.165, 1.54) is 24.6 Å². The van der Waals surface area contributed by atoms with Crippen molar-refractivity contribution < 1.29 is 4.79 Å². The van der Waals surface area contributed by atoms with E-state index < -0.39 is 0 Å². The van der Waals surface area contributed by atoms with Crippen LogP contribution in [0.3, 0.4) is 0 Å². The first-order valence-corrected chi connectivity index (χ1v) is 9.92. The Morgan fingerprint density at radius 1 is 1.20 bits per heavy atom. The Morgan fingerprint density at radius 2 is 1.92 bits per heavy atom. The first-order chi connectivity index (χ1) is 12.2. The molecule has 2 aromatic rings. The summed E-state index contributed by atoms with van der Waals surface area (Å²) in [6.07, 6.45) is 10.5. The van der Waals surface area contributed by atoms with E-state index in [4.69, 9.17) is 0 Å². The van der Waals surface area contributed by atoms with Gasteiger partial charge in [-0.15, -0.1) is 10.2 Å². The highest BCUT2D eigenvalue weighted by atomic mass is 32.2. The lowest BCUT2D eigenvalue weighted by Crippen LogP contribution is -2.37. The van der Waals surface area contributed by atoms with E-state index in [-0.39, 0.29) is 11.2 Å². The highest BCUT2D eigenvalue weighted by Gasteiger charge is 2.31. The number of rotatable bonds is 6. The van der Waals surface area contributed by atoms with Crippen LogP contribution in [0, 0.1) is 0 Å².